The number of amides is 3. The molecule has 322 valence electrons. The molecular formula is C47H58ClN9O3S. The Bertz CT molecular complexity index is 2280. The van der Waals surface area contributed by atoms with Gasteiger partial charge >= 0.3 is 0 Å². The summed E-state index contributed by atoms with van der Waals surface area (Å²) in [4.78, 5) is 54.1. The summed E-state index contributed by atoms with van der Waals surface area (Å²) in [6, 6.07) is 22.0. The molecule has 0 bridgehead atoms. The number of likely N-dealkylation sites (N-methyl/N-ethyl adjacent to an activating group) is 1. The van der Waals surface area contributed by atoms with Gasteiger partial charge in [0.1, 0.15) is 17.1 Å². The predicted molar refractivity (Wildman–Crippen MR) is 244 cm³/mol. The molecule has 7 rings (SSSR count). The number of para-hydroxylation sites is 1. The lowest BCUT2D eigenvalue weighted by molar-refractivity contribution is -0.142. The Kier molecular flexibility index (Phi) is 15.5. The number of hydrogen-bond acceptors (Lipinski definition) is 9. The number of fused-ring (bicyclic) bond motifs is 3. The van der Waals surface area contributed by atoms with Crippen LogP contribution in [0.4, 0.5) is 0 Å². The molecule has 14 heteroatoms. The van der Waals surface area contributed by atoms with Gasteiger partial charge in [0.25, 0.3) is 0 Å². The third-order valence-corrected chi connectivity index (χ3v) is 13.7. The van der Waals surface area contributed by atoms with Crippen LogP contribution in [0, 0.1) is 0 Å². The van der Waals surface area contributed by atoms with E-state index in [0.29, 0.717) is 62.7 Å². The van der Waals surface area contributed by atoms with Crippen LogP contribution in [-0.4, -0.2) is 83.9 Å². The van der Waals surface area contributed by atoms with Gasteiger partial charge in [0.15, 0.2) is 0 Å². The second-order valence-corrected chi connectivity index (χ2v) is 17.5. The van der Waals surface area contributed by atoms with Crippen molar-refractivity contribution >= 4 is 52.0 Å². The minimum atomic E-state index is -0.923. The van der Waals surface area contributed by atoms with E-state index in [9.17, 15) is 14.4 Å². The fourth-order valence-electron chi connectivity index (χ4n) is 8.50. The predicted octanol–water partition coefficient (Wildman–Crippen LogP) is 6.01. The number of pyridine rings is 1. The molecular weight excluding hydrogens is 806 g/mol. The van der Waals surface area contributed by atoms with E-state index in [-0.39, 0.29) is 30.7 Å². The molecule has 3 aromatic carbocycles. The maximum Gasteiger partial charge on any atom is 0.245 e. The van der Waals surface area contributed by atoms with E-state index in [1.807, 2.05) is 54.7 Å². The molecule has 5 aromatic rings. The second-order valence-electron chi connectivity index (χ2n) is 16.1. The SMILES string of the molecule is CN1C(=O)[C@H](CCCCN)NC(=O)[C@H](CCCN)NCc2cccnc2Sc2c(Cl)ccc(-c3ccc(C4CCNCC4)cc3)c2CNC(=O)[C@@H]1Cc1c[nH]c2ccccc12. The number of H-pyrrole nitrogens is 1. The smallest absolute Gasteiger partial charge is 0.245 e. The molecule has 0 spiro atoms. The van der Waals surface area contributed by atoms with Crippen molar-refractivity contribution in [2.24, 2.45) is 11.5 Å². The maximum atomic E-state index is 14.8. The number of aromatic amines is 1. The van der Waals surface area contributed by atoms with E-state index in [2.05, 4.69) is 50.5 Å². The number of carbonyl (C=O) groups excluding carboxylic acids is 3. The first kappa shape index (κ1) is 44.3. The Morgan fingerprint density at radius 2 is 1.62 bits per heavy atom. The van der Waals surface area contributed by atoms with Crippen LogP contribution in [-0.2, 0) is 33.9 Å². The topological polar surface area (TPSA) is 183 Å². The highest BCUT2D eigenvalue weighted by Gasteiger charge is 2.34. The number of rotatable bonds is 11. The first-order valence-electron chi connectivity index (χ1n) is 21.5. The monoisotopic (exact) mass is 863 g/mol. The largest absolute Gasteiger partial charge is 0.361 e. The van der Waals surface area contributed by atoms with E-state index in [1.54, 1.807) is 13.2 Å². The molecule has 1 fully saturated rings. The van der Waals surface area contributed by atoms with Crippen LogP contribution in [0.1, 0.15) is 73.1 Å². The van der Waals surface area contributed by atoms with Crippen molar-refractivity contribution in [1.29, 1.82) is 0 Å². The van der Waals surface area contributed by atoms with Gasteiger partial charge in [0.2, 0.25) is 17.7 Å². The van der Waals surface area contributed by atoms with Crippen LogP contribution in [0.5, 0.6) is 0 Å². The molecule has 0 aliphatic carbocycles. The fraction of sp³-hybridized carbons (Fsp3) is 0.404. The molecule has 2 aliphatic heterocycles. The van der Waals surface area contributed by atoms with Crippen molar-refractivity contribution in [2.45, 2.75) is 98.4 Å². The second kappa shape index (κ2) is 21.4. The molecule has 12 nitrogen and oxygen atoms in total. The molecule has 61 heavy (non-hydrogen) atoms. The molecule has 0 radical (unpaired) electrons. The summed E-state index contributed by atoms with van der Waals surface area (Å²) in [6.45, 7) is 3.35. The maximum absolute atomic E-state index is 14.8. The van der Waals surface area contributed by atoms with Crippen molar-refractivity contribution in [2.75, 3.05) is 33.2 Å². The number of nitrogens with two attached hydrogens (primary N) is 2. The van der Waals surface area contributed by atoms with E-state index in [4.69, 9.17) is 28.1 Å². The number of halogens is 1. The van der Waals surface area contributed by atoms with E-state index in [0.717, 1.165) is 74.6 Å². The van der Waals surface area contributed by atoms with Crippen LogP contribution in [0.3, 0.4) is 0 Å². The molecule has 2 aliphatic rings. The normalized spacial score (nSPS) is 19.8. The summed E-state index contributed by atoms with van der Waals surface area (Å²) in [5.74, 6) is -0.485. The van der Waals surface area contributed by atoms with Gasteiger partial charge in [0, 0.05) is 54.8 Å². The minimum Gasteiger partial charge on any atom is -0.361 e. The van der Waals surface area contributed by atoms with Gasteiger partial charge in [0.05, 0.1) is 11.1 Å². The molecule has 9 N–H and O–H groups in total. The Hall–Kier alpha value is -4.76. The number of benzene rings is 3. The first-order chi connectivity index (χ1) is 29.7. The highest BCUT2D eigenvalue weighted by molar-refractivity contribution is 7.99. The number of nitrogens with one attached hydrogen (secondary N) is 5. The lowest BCUT2D eigenvalue weighted by Gasteiger charge is -2.32. The van der Waals surface area contributed by atoms with Crippen LogP contribution in [0.15, 0.2) is 95.1 Å². The van der Waals surface area contributed by atoms with Gasteiger partial charge in [-0.3, -0.25) is 14.4 Å². The van der Waals surface area contributed by atoms with E-state index >= 15 is 0 Å². The van der Waals surface area contributed by atoms with Gasteiger partial charge in [-0.25, -0.2) is 4.98 Å². The van der Waals surface area contributed by atoms with Crippen molar-refractivity contribution in [1.82, 2.24) is 36.1 Å². The standard InChI is InChI=1S/C47H58ClN9O3S/c1-57-42(26-34-28-53-39-10-3-2-9-36(34)39)45(59)55-29-37-35(32-15-13-30(14-16-32)31-19-24-51-25-20-31)17-18-38(48)43(37)61-46-33(8-7-23-52-46)27-54-40(12-6-22-50)44(58)56-41(47(57)60)11-4-5-21-49/h2-3,7-10,13-18,23,28,31,40-42,51,53-54H,4-6,11-12,19-22,24-27,29,49-50H2,1H3,(H,55,59)(H,56,58)/t40-,41-,42-/m0/s1. The first-order valence-corrected chi connectivity index (χ1v) is 22.7. The zero-order valence-corrected chi connectivity index (χ0v) is 36.4. The van der Waals surface area contributed by atoms with Crippen molar-refractivity contribution in [3.8, 4) is 11.1 Å². The summed E-state index contributed by atoms with van der Waals surface area (Å²) in [6.07, 6.45) is 8.82. The van der Waals surface area contributed by atoms with Crippen LogP contribution in [0.2, 0.25) is 5.02 Å². The number of carbonyl (C=O) groups is 3. The third kappa shape index (κ3) is 10.8. The van der Waals surface area contributed by atoms with Gasteiger partial charge in [-0.05, 0) is 129 Å². The van der Waals surface area contributed by atoms with Crippen LogP contribution >= 0.6 is 23.4 Å². The Morgan fingerprint density at radius 1 is 0.852 bits per heavy atom. The summed E-state index contributed by atoms with van der Waals surface area (Å²) in [5, 5.41) is 15.5. The molecule has 0 unspecified atom stereocenters. The third-order valence-electron chi connectivity index (χ3n) is 12.1. The van der Waals surface area contributed by atoms with Crippen LogP contribution in [0.25, 0.3) is 22.0 Å². The number of unbranched alkanes of at least 4 members (excludes halogenated alkanes) is 1. The summed E-state index contributed by atoms with van der Waals surface area (Å²) < 4.78 is 0. The van der Waals surface area contributed by atoms with E-state index in [1.165, 1.54) is 22.2 Å². The number of piperidine rings is 1. The molecule has 3 atom stereocenters. The lowest BCUT2D eigenvalue weighted by atomic mass is 9.89. The summed E-state index contributed by atoms with van der Waals surface area (Å²) in [7, 11) is 1.65. The van der Waals surface area contributed by atoms with Gasteiger partial charge in [-0.2, -0.15) is 0 Å². The van der Waals surface area contributed by atoms with Crippen molar-refractivity contribution in [3.63, 3.8) is 0 Å². The highest BCUT2D eigenvalue weighted by Crippen LogP contribution is 2.41. The molecule has 2 aromatic heterocycles. The lowest BCUT2D eigenvalue weighted by Crippen LogP contribution is -2.57. The molecule has 3 amide bonds. The average molecular weight is 865 g/mol. The summed E-state index contributed by atoms with van der Waals surface area (Å²) in [5.41, 5.74) is 18.6. The molecule has 0 saturated carbocycles. The Morgan fingerprint density at radius 3 is 2.41 bits per heavy atom. The minimum absolute atomic E-state index is 0.137. The van der Waals surface area contributed by atoms with E-state index < -0.39 is 18.1 Å². The molecule has 1 saturated heterocycles. The summed E-state index contributed by atoms with van der Waals surface area (Å²) >= 11 is 8.57. The van der Waals surface area contributed by atoms with Gasteiger partial charge in [-0.15, -0.1) is 0 Å². The zero-order valence-electron chi connectivity index (χ0n) is 34.9. The zero-order chi connectivity index (χ0) is 42.7. The molecule has 4 heterocycles. The Labute approximate surface area is 367 Å². The number of nitrogens with zero attached hydrogens (tertiary/aromatic N) is 2. The van der Waals surface area contributed by atoms with Gasteiger partial charge < -0.3 is 42.6 Å². The van der Waals surface area contributed by atoms with Crippen molar-refractivity contribution < 1.29 is 14.4 Å². The Balaban J connectivity index is 1.32. The van der Waals surface area contributed by atoms with Gasteiger partial charge in [-0.1, -0.05) is 78.0 Å². The number of aromatic nitrogens is 2. The fourth-order valence-corrected chi connectivity index (χ4v) is 9.85. The van der Waals surface area contributed by atoms with Crippen LogP contribution < -0.4 is 32.7 Å². The number of hydrogen-bond donors (Lipinski definition) is 7. The highest BCUT2D eigenvalue weighted by atomic mass is 35.5. The van der Waals surface area contributed by atoms with Crippen molar-refractivity contribution in [3.05, 3.63) is 112 Å². The quantitative estimate of drug-likeness (QED) is 0.0783. The average Bonchev–Trinajstić information content (AvgIpc) is 3.70.